The molecule has 0 fully saturated rings. The average molecular weight is 326 g/mol. The molecule has 3 nitrogen and oxygen atoms in total. The van der Waals surface area contributed by atoms with Crippen LogP contribution < -0.4 is 19.5 Å². The largest absolute Gasteiger partial charge is 0.484 e. The third kappa shape index (κ3) is 6.44. The van der Waals surface area contributed by atoms with Crippen LogP contribution in [-0.2, 0) is 0 Å². The van der Waals surface area contributed by atoms with E-state index in [9.17, 15) is 0 Å². The highest BCUT2D eigenvalue weighted by molar-refractivity contribution is 7.27. The summed E-state index contributed by atoms with van der Waals surface area (Å²) in [5.41, 5.74) is -0.969. The van der Waals surface area contributed by atoms with Crippen LogP contribution >= 0.6 is 9.24 Å². The molecule has 0 saturated heterocycles. The van der Waals surface area contributed by atoms with Gasteiger partial charge in [-0.1, -0.05) is 0 Å². The van der Waals surface area contributed by atoms with E-state index >= 15 is 0 Å². The van der Waals surface area contributed by atoms with Crippen LogP contribution in [0.1, 0.15) is 62.3 Å². The molecule has 0 aliphatic heterocycles. The van der Waals surface area contributed by atoms with Gasteiger partial charge in [-0.15, -0.1) is 9.24 Å². The highest BCUT2D eigenvalue weighted by Crippen LogP contribution is 2.42. The number of benzene rings is 1. The van der Waals surface area contributed by atoms with E-state index in [1.807, 2.05) is 74.4 Å². The summed E-state index contributed by atoms with van der Waals surface area (Å²) in [5.74, 6) is 2.08. The molecule has 0 N–H and O–H groups in total. The Morgan fingerprint density at radius 3 is 1.45 bits per heavy atom. The maximum Gasteiger partial charge on any atom is 0.204 e. The Balaban J connectivity index is 3.42. The van der Waals surface area contributed by atoms with Crippen LogP contribution in [0.25, 0.3) is 0 Å². The van der Waals surface area contributed by atoms with Gasteiger partial charge in [0.15, 0.2) is 11.5 Å². The van der Waals surface area contributed by atoms with Crippen LogP contribution in [0.15, 0.2) is 12.1 Å². The molecule has 22 heavy (non-hydrogen) atoms. The molecule has 0 saturated carbocycles. The molecule has 0 heterocycles. The monoisotopic (exact) mass is 326 g/mol. The smallest absolute Gasteiger partial charge is 0.204 e. The maximum atomic E-state index is 6.17. The van der Waals surface area contributed by atoms with Crippen molar-refractivity contribution in [1.29, 1.82) is 0 Å². The molecular weight excluding hydrogens is 295 g/mol. The van der Waals surface area contributed by atoms with Gasteiger partial charge in [-0.05, 0) is 74.4 Å². The zero-order valence-corrected chi connectivity index (χ0v) is 16.6. The van der Waals surface area contributed by atoms with Gasteiger partial charge in [0.05, 0.1) is 0 Å². The standard InChI is InChI=1S/C18H31O3P/c1-16(2,3)19-12-10-11-13(22)15(21-18(7,8)9)14(12)20-17(4,5)6/h10-11H,22H2,1-9H3. The number of hydrogen-bond donors (Lipinski definition) is 0. The second-order valence-electron chi connectivity index (χ2n) is 8.45. The third-order valence-electron chi connectivity index (χ3n) is 2.34. The van der Waals surface area contributed by atoms with Crippen LogP contribution in [0.2, 0.25) is 0 Å². The van der Waals surface area contributed by atoms with Crippen molar-refractivity contribution in [3.05, 3.63) is 12.1 Å². The number of ether oxygens (including phenoxy) is 3. The van der Waals surface area contributed by atoms with Gasteiger partial charge < -0.3 is 14.2 Å². The third-order valence-corrected chi connectivity index (χ3v) is 2.79. The first kappa shape index (κ1) is 19.1. The van der Waals surface area contributed by atoms with Crippen molar-refractivity contribution in [3.63, 3.8) is 0 Å². The summed E-state index contributed by atoms with van der Waals surface area (Å²) in [4.78, 5) is 0. The second-order valence-corrected chi connectivity index (χ2v) is 9.08. The van der Waals surface area contributed by atoms with Crippen molar-refractivity contribution in [2.45, 2.75) is 79.1 Å². The van der Waals surface area contributed by atoms with Gasteiger partial charge in [-0.25, -0.2) is 0 Å². The summed E-state index contributed by atoms with van der Waals surface area (Å²) < 4.78 is 18.4. The molecular formula is C18H31O3P. The van der Waals surface area contributed by atoms with Crippen molar-refractivity contribution < 1.29 is 14.2 Å². The van der Waals surface area contributed by atoms with E-state index in [2.05, 4.69) is 9.24 Å². The van der Waals surface area contributed by atoms with Gasteiger partial charge in [0.2, 0.25) is 5.75 Å². The first-order valence-corrected chi connectivity index (χ1v) is 8.25. The Kier molecular flexibility index (Phi) is 5.45. The highest BCUT2D eigenvalue weighted by atomic mass is 31.0. The molecule has 0 radical (unpaired) electrons. The van der Waals surface area contributed by atoms with Crippen molar-refractivity contribution in [1.82, 2.24) is 0 Å². The molecule has 1 unspecified atom stereocenters. The Morgan fingerprint density at radius 1 is 0.636 bits per heavy atom. The van der Waals surface area contributed by atoms with Gasteiger partial charge in [0.1, 0.15) is 16.8 Å². The molecule has 0 aliphatic rings. The average Bonchev–Trinajstić information content (AvgIpc) is 2.22. The molecule has 1 aromatic rings. The van der Waals surface area contributed by atoms with E-state index < -0.39 is 0 Å². The van der Waals surface area contributed by atoms with Crippen molar-refractivity contribution in [2.24, 2.45) is 0 Å². The minimum Gasteiger partial charge on any atom is -0.484 e. The maximum absolute atomic E-state index is 6.17. The molecule has 126 valence electrons. The van der Waals surface area contributed by atoms with Gasteiger partial charge in [-0.3, -0.25) is 0 Å². The van der Waals surface area contributed by atoms with Gasteiger partial charge in [0, 0.05) is 5.30 Å². The fourth-order valence-electron chi connectivity index (χ4n) is 1.78. The van der Waals surface area contributed by atoms with Crippen molar-refractivity contribution >= 4 is 14.5 Å². The summed E-state index contributed by atoms with van der Waals surface area (Å²) in [6, 6.07) is 3.91. The topological polar surface area (TPSA) is 27.7 Å². The first-order chi connectivity index (χ1) is 9.68. The van der Waals surface area contributed by atoms with E-state index in [-0.39, 0.29) is 16.8 Å². The van der Waals surface area contributed by atoms with Crippen molar-refractivity contribution in [2.75, 3.05) is 0 Å². The lowest BCUT2D eigenvalue weighted by Crippen LogP contribution is -2.30. The van der Waals surface area contributed by atoms with Crippen molar-refractivity contribution in [3.8, 4) is 17.2 Å². The fourth-order valence-corrected chi connectivity index (χ4v) is 2.07. The summed E-state index contributed by atoms with van der Waals surface area (Å²) in [6.45, 7) is 18.2. The molecule has 0 spiro atoms. The molecule has 0 aliphatic carbocycles. The minimum atomic E-state index is -0.343. The highest BCUT2D eigenvalue weighted by Gasteiger charge is 2.26. The fraction of sp³-hybridized carbons (Fsp3) is 0.667. The number of rotatable bonds is 3. The minimum absolute atomic E-state index is 0.308. The molecule has 1 rings (SSSR count). The van der Waals surface area contributed by atoms with E-state index in [4.69, 9.17) is 14.2 Å². The summed E-state index contributed by atoms with van der Waals surface area (Å²) in [7, 11) is 2.71. The summed E-state index contributed by atoms with van der Waals surface area (Å²) >= 11 is 0. The summed E-state index contributed by atoms with van der Waals surface area (Å²) in [5, 5.41) is 0.954. The quantitative estimate of drug-likeness (QED) is 0.752. The molecule has 0 amide bonds. The second kappa shape index (κ2) is 6.28. The van der Waals surface area contributed by atoms with E-state index in [1.54, 1.807) is 0 Å². The molecule has 1 aromatic carbocycles. The molecule has 0 aromatic heterocycles. The summed E-state index contributed by atoms with van der Waals surface area (Å²) in [6.07, 6.45) is 0. The normalized spacial score (nSPS) is 13.0. The zero-order valence-electron chi connectivity index (χ0n) is 15.5. The van der Waals surface area contributed by atoms with Gasteiger partial charge in [-0.2, -0.15) is 0 Å². The Morgan fingerprint density at radius 2 is 1.05 bits per heavy atom. The lowest BCUT2D eigenvalue weighted by Gasteiger charge is -2.31. The van der Waals surface area contributed by atoms with Crippen LogP contribution in [-0.4, -0.2) is 16.8 Å². The Bertz CT molecular complexity index is 517. The molecule has 0 bridgehead atoms. The SMILES string of the molecule is CC(C)(C)Oc1ccc(P)c(OC(C)(C)C)c1OC(C)(C)C. The molecule has 1 atom stereocenters. The van der Waals surface area contributed by atoms with Gasteiger partial charge in [0.25, 0.3) is 0 Å². The Labute approximate surface area is 137 Å². The number of hydrogen-bond acceptors (Lipinski definition) is 3. The van der Waals surface area contributed by atoms with Crippen LogP contribution in [0, 0.1) is 0 Å². The first-order valence-electron chi connectivity index (χ1n) is 7.67. The van der Waals surface area contributed by atoms with Crippen LogP contribution in [0.3, 0.4) is 0 Å². The van der Waals surface area contributed by atoms with Crippen LogP contribution in [0.5, 0.6) is 17.2 Å². The lowest BCUT2D eigenvalue weighted by atomic mass is 10.1. The van der Waals surface area contributed by atoms with E-state index in [0.717, 1.165) is 5.30 Å². The molecule has 4 heteroatoms. The Hall–Kier alpha value is -0.950. The predicted octanol–water partition coefficient (Wildman–Crippen LogP) is 4.72. The zero-order chi connectivity index (χ0) is 17.3. The van der Waals surface area contributed by atoms with E-state index in [0.29, 0.717) is 17.2 Å². The van der Waals surface area contributed by atoms with Gasteiger partial charge >= 0.3 is 0 Å². The lowest BCUT2D eigenvalue weighted by molar-refractivity contribution is 0.0785. The van der Waals surface area contributed by atoms with E-state index in [1.165, 1.54) is 0 Å². The predicted molar refractivity (Wildman–Crippen MR) is 96.9 cm³/mol. The van der Waals surface area contributed by atoms with Crippen LogP contribution in [0.4, 0.5) is 0 Å².